The second-order valence-electron chi connectivity index (χ2n) is 7.80. The molecule has 32 heavy (non-hydrogen) atoms. The van der Waals surface area contributed by atoms with Crippen LogP contribution < -0.4 is 4.74 Å². The van der Waals surface area contributed by atoms with E-state index in [1.165, 1.54) is 0 Å². The maximum absolute atomic E-state index is 11.0. The summed E-state index contributed by atoms with van der Waals surface area (Å²) in [6, 6.07) is 13.1. The van der Waals surface area contributed by atoms with Gasteiger partial charge in [0.15, 0.2) is 0 Å². The summed E-state index contributed by atoms with van der Waals surface area (Å²) in [5, 5.41) is 9.01. The van der Waals surface area contributed by atoms with Crippen molar-refractivity contribution in [1.82, 2.24) is 4.98 Å². The van der Waals surface area contributed by atoms with Crippen molar-refractivity contribution in [3.8, 4) is 17.2 Å². The number of aromatic nitrogens is 1. The Balaban J connectivity index is 1.43. The van der Waals surface area contributed by atoms with Crippen LogP contribution in [0.3, 0.4) is 0 Å². The van der Waals surface area contributed by atoms with Crippen LogP contribution in [0.4, 0.5) is 0 Å². The zero-order valence-corrected chi connectivity index (χ0v) is 18.0. The van der Waals surface area contributed by atoms with Crippen LogP contribution >= 0.6 is 0 Å². The molecule has 0 saturated carbocycles. The van der Waals surface area contributed by atoms with Gasteiger partial charge < -0.3 is 14.3 Å². The van der Waals surface area contributed by atoms with E-state index in [0.29, 0.717) is 30.9 Å². The number of fused-ring (bicyclic) bond motifs is 1. The lowest BCUT2D eigenvalue weighted by Crippen LogP contribution is -2.08. The first-order valence-corrected chi connectivity index (χ1v) is 10.7. The highest BCUT2D eigenvalue weighted by atomic mass is 16.5. The first kappa shape index (κ1) is 21.6. The van der Waals surface area contributed by atoms with Crippen LogP contribution in [-0.4, -0.2) is 29.0 Å². The minimum absolute atomic E-state index is 0.127. The van der Waals surface area contributed by atoms with E-state index in [9.17, 15) is 9.59 Å². The number of aliphatic carboxylic acids is 1. The fourth-order valence-corrected chi connectivity index (χ4v) is 3.98. The van der Waals surface area contributed by atoms with Crippen LogP contribution in [0.1, 0.15) is 52.2 Å². The van der Waals surface area contributed by atoms with Gasteiger partial charge >= 0.3 is 5.97 Å². The van der Waals surface area contributed by atoms with Gasteiger partial charge in [0.2, 0.25) is 5.89 Å². The molecule has 0 fully saturated rings. The third-order valence-corrected chi connectivity index (χ3v) is 5.66. The van der Waals surface area contributed by atoms with Crippen LogP contribution in [0.2, 0.25) is 0 Å². The molecule has 1 aromatic heterocycles. The average Bonchev–Trinajstić information content (AvgIpc) is 3.18. The number of carbonyl (C=O) groups is 2. The minimum Gasteiger partial charge on any atom is -0.493 e. The lowest BCUT2D eigenvalue weighted by Gasteiger charge is -2.20. The van der Waals surface area contributed by atoms with Crippen molar-refractivity contribution >= 4 is 17.8 Å². The molecule has 6 nitrogen and oxygen atoms in total. The number of hydrogen-bond donors (Lipinski definition) is 1. The number of carboxylic acid groups (broad SMARTS) is 1. The lowest BCUT2D eigenvalue weighted by atomic mass is 9.88. The molecule has 2 aromatic carbocycles. The topological polar surface area (TPSA) is 89.6 Å². The van der Waals surface area contributed by atoms with Crippen molar-refractivity contribution in [2.75, 3.05) is 6.61 Å². The molecule has 1 aliphatic rings. The predicted molar refractivity (Wildman–Crippen MR) is 121 cm³/mol. The third-order valence-electron chi connectivity index (χ3n) is 5.66. The van der Waals surface area contributed by atoms with E-state index in [4.69, 9.17) is 14.3 Å². The first-order valence-electron chi connectivity index (χ1n) is 10.7. The number of allylic oxidation sites excluding steroid dienone is 2. The fourth-order valence-electron chi connectivity index (χ4n) is 3.98. The van der Waals surface area contributed by atoms with Crippen LogP contribution in [0, 0.1) is 6.92 Å². The zero-order chi connectivity index (χ0) is 22.5. The van der Waals surface area contributed by atoms with Gasteiger partial charge in [-0.2, -0.15) is 0 Å². The van der Waals surface area contributed by atoms with E-state index in [-0.39, 0.29) is 6.42 Å². The van der Waals surface area contributed by atoms with Crippen LogP contribution in [0.5, 0.6) is 5.75 Å². The SMILES string of the molecule is Cc1oc(-c2ccc(C=O)cc2)nc1CCOc1cccc2c1CCC=C2CCC(=O)O. The summed E-state index contributed by atoms with van der Waals surface area (Å²) >= 11 is 0. The number of nitrogens with zero attached hydrogens (tertiary/aromatic N) is 1. The lowest BCUT2D eigenvalue weighted by molar-refractivity contribution is -0.136. The van der Waals surface area contributed by atoms with Crippen molar-refractivity contribution in [2.45, 2.75) is 39.0 Å². The maximum atomic E-state index is 11.0. The van der Waals surface area contributed by atoms with Gasteiger partial charge in [-0.25, -0.2) is 4.98 Å². The molecule has 6 heteroatoms. The van der Waals surface area contributed by atoms with Gasteiger partial charge in [0.25, 0.3) is 0 Å². The first-order chi connectivity index (χ1) is 15.5. The highest BCUT2D eigenvalue weighted by molar-refractivity contribution is 5.76. The highest BCUT2D eigenvalue weighted by Crippen LogP contribution is 2.35. The van der Waals surface area contributed by atoms with Gasteiger partial charge in [-0.1, -0.05) is 30.3 Å². The number of rotatable bonds is 9. The van der Waals surface area contributed by atoms with E-state index in [2.05, 4.69) is 11.1 Å². The number of oxazole rings is 1. The summed E-state index contributed by atoms with van der Waals surface area (Å²) in [5.41, 5.74) is 5.58. The predicted octanol–water partition coefficient (Wildman–Crippen LogP) is 5.28. The Hall–Kier alpha value is -3.67. The molecule has 0 atom stereocenters. The summed E-state index contributed by atoms with van der Waals surface area (Å²) in [4.78, 5) is 26.4. The minimum atomic E-state index is -0.785. The molecular weight excluding hydrogens is 406 g/mol. The van der Waals surface area contributed by atoms with Gasteiger partial charge in [-0.3, -0.25) is 9.59 Å². The standard InChI is InChI=1S/C26H25NO5/c1-17-23(27-26(32-17)20-10-8-18(16-28)9-11-20)14-15-31-24-7-3-5-21-19(12-13-25(29)30)4-2-6-22(21)24/h3-5,7-11,16H,2,6,12-15H2,1H3,(H,29,30). The van der Waals surface area contributed by atoms with Gasteiger partial charge in [-0.15, -0.1) is 0 Å². The molecule has 4 rings (SSSR count). The molecule has 3 aromatic rings. The van der Waals surface area contributed by atoms with E-state index >= 15 is 0 Å². The third kappa shape index (κ3) is 4.80. The van der Waals surface area contributed by atoms with Crippen LogP contribution in [-0.2, 0) is 17.6 Å². The van der Waals surface area contributed by atoms with Gasteiger partial charge in [0, 0.05) is 29.5 Å². The monoisotopic (exact) mass is 431 g/mol. The van der Waals surface area contributed by atoms with Crippen molar-refractivity contribution in [3.63, 3.8) is 0 Å². The van der Waals surface area contributed by atoms with Gasteiger partial charge in [-0.05, 0) is 55.5 Å². The number of aldehydes is 1. The molecule has 0 radical (unpaired) electrons. The normalized spacial score (nSPS) is 12.7. The summed E-state index contributed by atoms with van der Waals surface area (Å²) in [5.74, 6) is 1.33. The second-order valence-corrected chi connectivity index (χ2v) is 7.80. The zero-order valence-electron chi connectivity index (χ0n) is 18.0. The molecule has 0 unspecified atom stereocenters. The summed E-state index contributed by atoms with van der Waals surface area (Å²) in [6.45, 7) is 2.34. The van der Waals surface area contributed by atoms with Crippen molar-refractivity contribution in [3.05, 3.63) is 76.7 Å². The molecule has 1 N–H and O–H groups in total. The van der Waals surface area contributed by atoms with E-state index < -0.39 is 5.97 Å². The van der Waals surface area contributed by atoms with Crippen molar-refractivity contribution in [2.24, 2.45) is 0 Å². The number of carboxylic acids is 1. The number of carbonyl (C=O) groups excluding carboxylic acids is 1. The van der Waals surface area contributed by atoms with Crippen LogP contribution in [0.15, 0.2) is 53.0 Å². The Labute approximate surface area is 186 Å². The Morgan fingerprint density at radius 3 is 2.75 bits per heavy atom. The number of ether oxygens (including phenoxy) is 1. The molecule has 1 heterocycles. The molecule has 0 amide bonds. The van der Waals surface area contributed by atoms with Gasteiger partial charge in [0.05, 0.1) is 12.3 Å². The Morgan fingerprint density at radius 1 is 1.19 bits per heavy atom. The summed E-state index contributed by atoms with van der Waals surface area (Å²) < 4.78 is 11.9. The summed E-state index contributed by atoms with van der Waals surface area (Å²) in [6.07, 6.45) is 5.97. The van der Waals surface area contributed by atoms with E-state index in [1.807, 2.05) is 37.3 Å². The molecule has 0 aliphatic heterocycles. The fraction of sp³-hybridized carbons (Fsp3) is 0.269. The Bertz CT molecular complexity index is 1160. The number of hydrogen-bond acceptors (Lipinski definition) is 5. The van der Waals surface area contributed by atoms with Crippen LogP contribution in [0.25, 0.3) is 17.0 Å². The molecule has 1 aliphatic carbocycles. The second kappa shape index (κ2) is 9.64. The number of benzene rings is 2. The average molecular weight is 431 g/mol. The smallest absolute Gasteiger partial charge is 0.303 e. The summed E-state index contributed by atoms with van der Waals surface area (Å²) in [7, 11) is 0. The van der Waals surface area contributed by atoms with Gasteiger partial charge in [0.1, 0.15) is 17.8 Å². The Morgan fingerprint density at radius 2 is 2.00 bits per heavy atom. The molecule has 0 bridgehead atoms. The highest BCUT2D eigenvalue weighted by Gasteiger charge is 2.18. The van der Waals surface area contributed by atoms with E-state index in [1.54, 1.807) is 12.1 Å². The molecular formula is C26H25NO5. The van der Waals surface area contributed by atoms with Crippen molar-refractivity contribution in [1.29, 1.82) is 0 Å². The largest absolute Gasteiger partial charge is 0.493 e. The molecule has 164 valence electrons. The quantitative estimate of drug-likeness (QED) is 0.464. The molecule has 0 saturated heterocycles. The maximum Gasteiger partial charge on any atom is 0.303 e. The number of aryl methyl sites for hydroxylation is 1. The Kier molecular flexibility index (Phi) is 6.50. The molecule has 0 spiro atoms. The van der Waals surface area contributed by atoms with Crippen molar-refractivity contribution < 1.29 is 23.8 Å². The van der Waals surface area contributed by atoms with E-state index in [0.717, 1.165) is 58.6 Å².